The maximum absolute atomic E-state index is 4.64. The number of hydrogen-bond acceptors (Lipinski definition) is 3. The van der Waals surface area contributed by atoms with E-state index in [1.807, 2.05) is 10.9 Å². The van der Waals surface area contributed by atoms with Crippen LogP contribution in [0.1, 0.15) is 22.6 Å². The molecule has 0 saturated carbocycles. The van der Waals surface area contributed by atoms with Crippen molar-refractivity contribution in [2.75, 3.05) is 14.1 Å². The van der Waals surface area contributed by atoms with Crippen LogP contribution in [0.25, 0.3) is 0 Å². The van der Waals surface area contributed by atoms with Gasteiger partial charge in [-0.05, 0) is 26.2 Å². The Balaban J connectivity index is 1.76. The van der Waals surface area contributed by atoms with E-state index in [9.17, 15) is 0 Å². The summed E-state index contributed by atoms with van der Waals surface area (Å²) in [6, 6.07) is 4.19. The Kier molecular flexibility index (Phi) is 3.16. The summed E-state index contributed by atoms with van der Waals surface area (Å²) >= 11 is 0. The summed E-state index contributed by atoms with van der Waals surface area (Å²) in [5.41, 5.74) is 5.28. The van der Waals surface area contributed by atoms with Crippen molar-refractivity contribution >= 4 is 0 Å². The van der Waals surface area contributed by atoms with Crippen LogP contribution in [0.4, 0.5) is 0 Å². The monoisotopic (exact) mass is 259 g/mol. The molecule has 19 heavy (non-hydrogen) atoms. The molecule has 5 nitrogen and oxygen atoms in total. The van der Waals surface area contributed by atoms with Gasteiger partial charge in [-0.1, -0.05) is 0 Å². The van der Waals surface area contributed by atoms with E-state index in [0.717, 1.165) is 26.2 Å². The Bertz CT molecular complexity index is 553. The van der Waals surface area contributed by atoms with Crippen molar-refractivity contribution in [3.8, 4) is 0 Å². The Labute approximate surface area is 113 Å². The quantitative estimate of drug-likeness (QED) is 0.900. The molecule has 0 atom stereocenters. The maximum Gasteiger partial charge on any atom is 0.0812 e. The molecule has 0 unspecified atom stereocenters. The zero-order valence-electron chi connectivity index (χ0n) is 11.8. The van der Waals surface area contributed by atoms with Gasteiger partial charge in [-0.3, -0.25) is 9.58 Å². The molecule has 1 aliphatic heterocycles. The summed E-state index contributed by atoms with van der Waals surface area (Å²) in [6.45, 7) is 3.89. The van der Waals surface area contributed by atoms with E-state index in [1.54, 1.807) is 0 Å². The predicted molar refractivity (Wildman–Crippen MR) is 74.3 cm³/mol. The van der Waals surface area contributed by atoms with Gasteiger partial charge in [0, 0.05) is 50.7 Å². The lowest BCUT2D eigenvalue weighted by atomic mass is 10.2. The fourth-order valence-corrected chi connectivity index (χ4v) is 2.78. The number of aromatic amines is 1. The number of aromatic nitrogens is 3. The van der Waals surface area contributed by atoms with Gasteiger partial charge in [0.15, 0.2) is 0 Å². The molecule has 0 aliphatic carbocycles. The van der Waals surface area contributed by atoms with E-state index in [1.165, 1.54) is 22.6 Å². The lowest BCUT2D eigenvalue weighted by molar-refractivity contribution is 0.264. The van der Waals surface area contributed by atoms with Crippen LogP contribution in [0, 0.1) is 0 Å². The van der Waals surface area contributed by atoms with Gasteiger partial charge in [-0.25, -0.2) is 0 Å². The Hall–Kier alpha value is -1.59. The van der Waals surface area contributed by atoms with Gasteiger partial charge in [-0.2, -0.15) is 5.10 Å². The van der Waals surface area contributed by atoms with Gasteiger partial charge in [0.05, 0.1) is 11.4 Å². The van der Waals surface area contributed by atoms with Crippen LogP contribution in [0.15, 0.2) is 18.3 Å². The first-order valence-corrected chi connectivity index (χ1v) is 6.66. The SMILES string of the molecule is CN(C)Cc1nn(C)c2c1CN(Cc1ccc[nH]1)C2. The number of nitrogens with one attached hydrogen (secondary N) is 1. The largest absolute Gasteiger partial charge is 0.364 e. The van der Waals surface area contributed by atoms with E-state index in [4.69, 9.17) is 0 Å². The van der Waals surface area contributed by atoms with Crippen LogP contribution in [0.2, 0.25) is 0 Å². The molecule has 3 rings (SSSR count). The minimum Gasteiger partial charge on any atom is -0.364 e. The fraction of sp³-hybridized carbons (Fsp3) is 0.500. The van der Waals surface area contributed by atoms with Gasteiger partial charge < -0.3 is 9.88 Å². The number of fused-ring (bicyclic) bond motifs is 1. The van der Waals surface area contributed by atoms with Gasteiger partial charge >= 0.3 is 0 Å². The Morgan fingerprint density at radius 2 is 2.21 bits per heavy atom. The van der Waals surface area contributed by atoms with Crippen molar-refractivity contribution < 1.29 is 0 Å². The Morgan fingerprint density at radius 3 is 2.89 bits per heavy atom. The minimum absolute atomic E-state index is 0.916. The summed E-state index contributed by atoms with van der Waals surface area (Å²) in [5.74, 6) is 0. The van der Waals surface area contributed by atoms with E-state index < -0.39 is 0 Å². The second-order valence-electron chi connectivity index (χ2n) is 5.57. The topological polar surface area (TPSA) is 40.1 Å². The summed E-state index contributed by atoms with van der Waals surface area (Å²) in [5, 5.41) is 4.64. The fourth-order valence-electron chi connectivity index (χ4n) is 2.78. The highest BCUT2D eigenvalue weighted by atomic mass is 15.3. The van der Waals surface area contributed by atoms with Crippen molar-refractivity contribution in [2.45, 2.75) is 26.2 Å². The van der Waals surface area contributed by atoms with E-state index >= 15 is 0 Å². The average molecular weight is 259 g/mol. The van der Waals surface area contributed by atoms with Crippen molar-refractivity contribution in [1.29, 1.82) is 0 Å². The number of nitrogens with zero attached hydrogens (tertiary/aromatic N) is 4. The highest BCUT2D eigenvalue weighted by molar-refractivity contribution is 5.30. The van der Waals surface area contributed by atoms with E-state index in [0.29, 0.717) is 0 Å². The second kappa shape index (κ2) is 4.83. The predicted octanol–water partition coefficient (Wildman–Crippen LogP) is 1.33. The van der Waals surface area contributed by atoms with Gasteiger partial charge in [0.2, 0.25) is 0 Å². The molecular formula is C14H21N5. The summed E-state index contributed by atoms with van der Waals surface area (Å²) in [4.78, 5) is 7.90. The molecule has 2 aromatic rings. The molecule has 0 spiro atoms. The first kappa shape index (κ1) is 12.4. The van der Waals surface area contributed by atoms with Crippen LogP contribution in [0.5, 0.6) is 0 Å². The molecular weight excluding hydrogens is 238 g/mol. The normalized spacial score (nSPS) is 15.4. The first-order valence-electron chi connectivity index (χ1n) is 6.66. The van der Waals surface area contributed by atoms with Crippen molar-refractivity contribution in [3.05, 3.63) is 41.0 Å². The molecule has 2 aromatic heterocycles. The van der Waals surface area contributed by atoms with Gasteiger partial charge in [0.1, 0.15) is 0 Å². The zero-order chi connectivity index (χ0) is 13.4. The molecule has 0 amide bonds. The third kappa shape index (κ3) is 2.43. The lowest BCUT2D eigenvalue weighted by Crippen LogP contribution is -2.19. The molecule has 1 aliphatic rings. The smallest absolute Gasteiger partial charge is 0.0812 e. The molecule has 0 saturated heterocycles. The standard InChI is InChI=1S/C14H21N5/c1-17(2)9-13-12-8-19(7-11-5-4-6-15-11)10-14(12)18(3)16-13/h4-6,15H,7-10H2,1-3H3. The molecule has 0 radical (unpaired) electrons. The Morgan fingerprint density at radius 1 is 1.37 bits per heavy atom. The van der Waals surface area contributed by atoms with E-state index in [2.05, 4.69) is 53.2 Å². The molecule has 1 N–H and O–H groups in total. The molecule has 0 fully saturated rings. The summed E-state index contributed by atoms with van der Waals surface area (Å²) < 4.78 is 2.04. The van der Waals surface area contributed by atoms with Crippen molar-refractivity contribution in [3.63, 3.8) is 0 Å². The van der Waals surface area contributed by atoms with Crippen LogP contribution in [0.3, 0.4) is 0 Å². The number of aryl methyl sites for hydroxylation is 1. The number of rotatable bonds is 4. The number of hydrogen-bond donors (Lipinski definition) is 1. The van der Waals surface area contributed by atoms with Crippen LogP contribution < -0.4 is 0 Å². The highest BCUT2D eigenvalue weighted by Crippen LogP contribution is 2.27. The third-order valence-corrected chi connectivity index (χ3v) is 3.64. The molecule has 3 heterocycles. The second-order valence-corrected chi connectivity index (χ2v) is 5.57. The molecule has 0 bridgehead atoms. The van der Waals surface area contributed by atoms with Gasteiger partial charge in [-0.15, -0.1) is 0 Å². The van der Waals surface area contributed by atoms with Crippen LogP contribution in [-0.4, -0.2) is 38.7 Å². The first-order chi connectivity index (χ1) is 9.13. The maximum atomic E-state index is 4.64. The molecule has 102 valence electrons. The summed E-state index contributed by atoms with van der Waals surface area (Å²) in [7, 11) is 6.23. The van der Waals surface area contributed by atoms with Crippen LogP contribution in [-0.2, 0) is 33.2 Å². The van der Waals surface area contributed by atoms with E-state index in [-0.39, 0.29) is 0 Å². The average Bonchev–Trinajstić information content (AvgIpc) is 3.01. The minimum atomic E-state index is 0.916. The number of H-pyrrole nitrogens is 1. The third-order valence-electron chi connectivity index (χ3n) is 3.64. The molecule has 0 aromatic carbocycles. The summed E-state index contributed by atoms with van der Waals surface area (Å²) in [6.07, 6.45) is 1.98. The lowest BCUT2D eigenvalue weighted by Gasteiger charge is -2.15. The van der Waals surface area contributed by atoms with Crippen molar-refractivity contribution in [2.24, 2.45) is 7.05 Å². The zero-order valence-corrected chi connectivity index (χ0v) is 11.8. The van der Waals surface area contributed by atoms with Gasteiger partial charge in [0.25, 0.3) is 0 Å². The molecule has 5 heteroatoms. The highest BCUT2D eigenvalue weighted by Gasteiger charge is 2.26. The van der Waals surface area contributed by atoms with Crippen LogP contribution >= 0.6 is 0 Å². The van der Waals surface area contributed by atoms with Crippen molar-refractivity contribution in [1.82, 2.24) is 24.6 Å².